The SMILES string of the molecule is CC1=C(c2cnc(CC(=O)c3cnccc3C)cn2)CN(c2nnn(C)n2)CC1. The van der Waals surface area contributed by atoms with Crippen molar-refractivity contribution in [1.82, 2.24) is 35.2 Å². The normalized spacial score (nSPS) is 14.4. The van der Waals surface area contributed by atoms with E-state index in [1.54, 1.807) is 31.8 Å². The van der Waals surface area contributed by atoms with Gasteiger partial charge in [-0.2, -0.15) is 4.80 Å². The lowest BCUT2D eigenvalue weighted by Gasteiger charge is -2.28. The fourth-order valence-electron chi connectivity index (χ4n) is 3.35. The highest BCUT2D eigenvalue weighted by molar-refractivity contribution is 5.98. The molecule has 4 rings (SSSR count). The predicted octanol–water partition coefficient (Wildman–Crippen LogP) is 1.81. The molecule has 0 saturated carbocycles. The fraction of sp³-hybridized carbons (Fsp3) is 0.350. The van der Waals surface area contributed by atoms with Gasteiger partial charge in [0.2, 0.25) is 0 Å². The molecular weight excluding hydrogens is 368 g/mol. The molecule has 148 valence electrons. The van der Waals surface area contributed by atoms with Gasteiger partial charge in [-0.05, 0) is 42.7 Å². The van der Waals surface area contributed by atoms with Crippen molar-refractivity contribution in [2.75, 3.05) is 18.0 Å². The zero-order valence-electron chi connectivity index (χ0n) is 16.7. The largest absolute Gasteiger partial charge is 0.333 e. The molecule has 0 aliphatic carbocycles. The molecule has 0 unspecified atom stereocenters. The number of Topliss-reactive ketones (excluding diaryl/α,β-unsaturated/α-hetero) is 1. The maximum atomic E-state index is 12.5. The summed E-state index contributed by atoms with van der Waals surface area (Å²) >= 11 is 0. The number of aromatic nitrogens is 7. The molecule has 0 saturated heterocycles. The average Bonchev–Trinajstić information content (AvgIpc) is 3.16. The number of hydrogen-bond acceptors (Lipinski definition) is 8. The summed E-state index contributed by atoms with van der Waals surface area (Å²) in [5, 5.41) is 12.3. The van der Waals surface area contributed by atoms with E-state index in [0.717, 1.165) is 29.8 Å². The number of nitrogens with zero attached hydrogens (tertiary/aromatic N) is 8. The summed E-state index contributed by atoms with van der Waals surface area (Å²) in [5.41, 5.74) is 5.37. The maximum Gasteiger partial charge on any atom is 0.266 e. The Balaban J connectivity index is 1.49. The standard InChI is InChI=1S/C20H22N8O/c1-13-4-6-21-10-16(13)19(29)8-15-9-23-18(11-22-15)17-12-28(7-5-14(17)2)20-24-26-27(3)25-20/h4,6,9-11H,5,7-8,12H2,1-3H3. The average molecular weight is 390 g/mol. The minimum absolute atomic E-state index is 0.00869. The number of tetrazole rings is 1. The van der Waals surface area contributed by atoms with Gasteiger partial charge in [0.15, 0.2) is 5.78 Å². The van der Waals surface area contributed by atoms with Gasteiger partial charge in [0.05, 0.1) is 31.1 Å². The van der Waals surface area contributed by atoms with Crippen molar-refractivity contribution in [1.29, 1.82) is 0 Å². The number of carbonyl (C=O) groups is 1. The molecule has 0 aromatic carbocycles. The first-order chi connectivity index (χ1) is 14.0. The Labute approximate surface area is 168 Å². The second-order valence-electron chi connectivity index (χ2n) is 7.19. The van der Waals surface area contributed by atoms with E-state index in [9.17, 15) is 4.79 Å². The van der Waals surface area contributed by atoms with Crippen LogP contribution in [0.15, 0.2) is 36.4 Å². The molecule has 0 amide bonds. The minimum atomic E-state index is -0.00869. The van der Waals surface area contributed by atoms with Gasteiger partial charge >= 0.3 is 0 Å². The monoisotopic (exact) mass is 390 g/mol. The zero-order chi connectivity index (χ0) is 20.4. The van der Waals surface area contributed by atoms with E-state index in [1.807, 2.05) is 13.0 Å². The molecule has 1 aliphatic heterocycles. The molecule has 1 aliphatic rings. The zero-order valence-corrected chi connectivity index (χ0v) is 16.7. The molecule has 3 aromatic rings. The van der Waals surface area contributed by atoms with E-state index in [-0.39, 0.29) is 12.2 Å². The number of aryl methyl sites for hydroxylation is 2. The smallest absolute Gasteiger partial charge is 0.266 e. The van der Waals surface area contributed by atoms with Crippen molar-refractivity contribution in [3.05, 3.63) is 58.9 Å². The molecule has 0 fully saturated rings. The molecule has 3 aromatic heterocycles. The summed E-state index contributed by atoms with van der Waals surface area (Å²) in [6.07, 6.45) is 7.80. The summed E-state index contributed by atoms with van der Waals surface area (Å²) in [6.45, 7) is 5.51. The van der Waals surface area contributed by atoms with Crippen LogP contribution in [0.2, 0.25) is 0 Å². The van der Waals surface area contributed by atoms with Gasteiger partial charge in [0.25, 0.3) is 5.95 Å². The topological polar surface area (TPSA) is 103 Å². The van der Waals surface area contributed by atoms with E-state index in [2.05, 4.69) is 42.2 Å². The van der Waals surface area contributed by atoms with Crippen molar-refractivity contribution in [3.63, 3.8) is 0 Å². The van der Waals surface area contributed by atoms with Crippen molar-refractivity contribution in [2.45, 2.75) is 26.7 Å². The number of rotatable bonds is 5. The summed E-state index contributed by atoms with van der Waals surface area (Å²) in [4.78, 5) is 29.2. The summed E-state index contributed by atoms with van der Waals surface area (Å²) in [7, 11) is 1.75. The van der Waals surface area contributed by atoms with Crippen molar-refractivity contribution in [2.24, 2.45) is 7.05 Å². The van der Waals surface area contributed by atoms with Crippen LogP contribution >= 0.6 is 0 Å². The predicted molar refractivity (Wildman–Crippen MR) is 107 cm³/mol. The van der Waals surface area contributed by atoms with Crippen molar-refractivity contribution < 1.29 is 4.79 Å². The first-order valence-corrected chi connectivity index (χ1v) is 9.44. The Bertz CT molecular complexity index is 1070. The molecule has 9 nitrogen and oxygen atoms in total. The summed E-state index contributed by atoms with van der Waals surface area (Å²) < 4.78 is 0. The van der Waals surface area contributed by atoms with Gasteiger partial charge in [-0.15, -0.1) is 5.10 Å². The van der Waals surface area contributed by atoms with Gasteiger partial charge in [-0.25, -0.2) is 0 Å². The quantitative estimate of drug-likeness (QED) is 0.608. The van der Waals surface area contributed by atoms with Gasteiger partial charge < -0.3 is 4.90 Å². The second kappa shape index (κ2) is 7.86. The van der Waals surface area contributed by atoms with Crippen LogP contribution in [0.1, 0.15) is 40.7 Å². The Morgan fingerprint density at radius 3 is 2.72 bits per heavy atom. The maximum absolute atomic E-state index is 12.5. The third kappa shape index (κ3) is 4.03. The van der Waals surface area contributed by atoms with Crippen molar-refractivity contribution in [3.8, 4) is 0 Å². The molecule has 29 heavy (non-hydrogen) atoms. The lowest BCUT2D eigenvalue weighted by molar-refractivity contribution is 0.0991. The molecule has 4 heterocycles. The van der Waals surface area contributed by atoms with Crippen LogP contribution in [-0.2, 0) is 13.5 Å². The van der Waals surface area contributed by atoms with Gasteiger partial charge in [-0.1, -0.05) is 10.7 Å². The highest BCUT2D eigenvalue weighted by atomic mass is 16.1. The first-order valence-electron chi connectivity index (χ1n) is 9.44. The van der Waals surface area contributed by atoms with Crippen LogP contribution in [0.25, 0.3) is 5.57 Å². The molecule has 0 N–H and O–H groups in total. The van der Waals surface area contributed by atoms with E-state index in [0.29, 0.717) is 23.8 Å². The summed E-state index contributed by atoms with van der Waals surface area (Å²) in [6, 6.07) is 1.83. The van der Waals surface area contributed by atoms with Crippen LogP contribution in [-0.4, -0.2) is 54.0 Å². The van der Waals surface area contributed by atoms with Gasteiger partial charge in [0, 0.05) is 37.2 Å². The molecule has 0 radical (unpaired) electrons. The lowest BCUT2D eigenvalue weighted by Crippen LogP contribution is -2.32. The molecule has 0 atom stereocenters. The summed E-state index contributed by atoms with van der Waals surface area (Å²) in [5.74, 6) is 0.602. The Morgan fingerprint density at radius 2 is 2.03 bits per heavy atom. The minimum Gasteiger partial charge on any atom is -0.333 e. The molecule has 0 spiro atoms. The van der Waals surface area contributed by atoms with Crippen LogP contribution in [0.4, 0.5) is 5.95 Å². The number of ketones is 1. The molecular formula is C20H22N8O. The Kier molecular flexibility index (Phi) is 5.11. The van der Waals surface area contributed by atoms with Gasteiger partial charge in [-0.3, -0.25) is 19.7 Å². The highest BCUT2D eigenvalue weighted by Gasteiger charge is 2.22. The second-order valence-corrected chi connectivity index (χ2v) is 7.19. The van der Waals surface area contributed by atoms with E-state index < -0.39 is 0 Å². The number of hydrogen-bond donors (Lipinski definition) is 0. The molecule has 0 bridgehead atoms. The van der Waals surface area contributed by atoms with Crippen LogP contribution in [0, 0.1) is 6.92 Å². The van der Waals surface area contributed by atoms with Gasteiger partial charge in [0.1, 0.15) is 0 Å². The van der Waals surface area contributed by atoms with E-state index in [1.165, 1.54) is 10.4 Å². The van der Waals surface area contributed by atoms with Crippen LogP contribution in [0.5, 0.6) is 0 Å². The number of pyridine rings is 1. The fourth-order valence-corrected chi connectivity index (χ4v) is 3.35. The first kappa shape index (κ1) is 18.9. The Morgan fingerprint density at radius 1 is 1.17 bits per heavy atom. The highest BCUT2D eigenvalue weighted by Crippen LogP contribution is 2.26. The van der Waals surface area contributed by atoms with Crippen LogP contribution in [0.3, 0.4) is 0 Å². The van der Waals surface area contributed by atoms with E-state index >= 15 is 0 Å². The Hall–Kier alpha value is -3.49. The van der Waals surface area contributed by atoms with E-state index in [4.69, 9.17) is 0 Å². The lowest BCUT2D eigenvalue weighted by atomic mass is 9.99. The van der Waals surface area contributed by atoms with Crippen molar-refractivity contribution >= 4 is 17.3 Å². The number of anilines is 1. The van der Waals surface area contributed by atoms with Crippen LogP contribution < -0.4 is 4.90 Å². The number of carbonyl (C=O) groups excluding carboxylic acids is 1. The third-order valence-electron chi connectivity index (χ3n) is 5.10. The molecule has 9 heteroatoms. The third-order valence-corrected chi connectivity index (χ3v) is 5.10.